The quantitative estimate of drug-likeness (QED) is 0.579. The number of pyridine rings is 1. The van der Waals surface area contributed by atoms with E-state index >= 15 is 0 Å². The molecule has 26 heavy (non-hydrogen) atoms. The fraction of sp³-hybridized carbons (Fsp3) is 0.211. The van der Waals surface area contributed by atoms with Gasteiger partial charge in [-0.2, -0.15) is 0 Å². The van der Waals surface area contributed by atoms with Crippen molar-refractivity contribution in [2.75, 3.05) is 13.7 Å². The fourth-order valence-corrected chi connectivity index (χ4v) is 3.07. The highest BCUT2D eigenvalue weighted by Crippen LogP contribution is 2.20. The summed E-state index contributed by atoms with van der Waals surface area (Å²) in [5.74, 6) is 0.562. The zero-order valence-corrected chi connectivity index (χ0v) is 14.4. The van der Waals surface area contributed by atoms with Gasteiger partial charge in [0.2, 0.25) is 0 Å². The van der Waals surface area contributed by atoms with Crippen molar-refractivity contribution in [2.24, 2.45) is 0 Å². The summed E-state index contributed by atoms with van der Waals surface area (Å²) in [7, 11) is 1.68. The molecule has 0 unspecified atom stereocenters. The number of ether oxygens (including phenoxy) is 1. The minimum Gasteiger partial charge on any atom is -0.383 e. The minimum absolute atomic E-state index is 0.132. The second-order valence-electron chi connectivity index (χ2n) is 5.97. The molecule has 1 amide bonds. The molecule has 0 aliphatic carbocycles. The Bertz CT molecular complexity index is 1070. The summed E-state index contributed by atoms with van der Waals surface area (Å²) >= 11 is 0. The lowest BCUT2D eigenvalue weighted by Crippen LogP contribution is -2.24. The number of hydrogen-bond donors (Lipinski definition) is 1. The summed E-state index contributed by atoms with van der Waals surface area (Å²) in [6.45, 7) is 1.68. The topological polar surface area (TPSA) is 73.4 Å². The smallest absolute Gasteiger partial charge is 0.252 e. The number of nitrogens with one attached hydrogen (secondary N) is 1. The van der Waals surface area contributed by atoms with Gasteiger partial charge in [0.25, 0.3) is 5.91 Å². The molecule has 1 N–H and O–H groups in total. The van der Waals surface area contributed by atoms with Crippen LogP contribution in [0.1, 0.15) is 16.2 Å². The lowest BCUT2D eigenvalue weighted by molar-refractivity contribution is 0.0951. The predicted molar refractivity (Wildman–Crippen MR) is 98.0 cm³/mol. The van der Waals surface area contributed by atoms with E-state index in [2.05, 4.69) is 20.1 Å². The second-order valence-corrected chi connectivity index (χ2v) is 5.97. The van der Waals surface area contributed by atoms with Crippen molar-refractivity contribution in [3.8, 4) is 0 Å². The molecule has 1 aromatic carbocycles. The Balaban J connectivity index is 1.55. The molecule has 0 saturated heterocycles. The maximum atomic E-state index is 12.7. The van der Waals surface area contributed by atoms with E-state index in [9.17, 15) is 4.79 Å². The van der Waals surface area contributed by atoms with Crippen LogP contribution in [0.5, 0.6) is 0 Å². The van der Waals surface area contributed by atoms with Gasteiger partial charge in [0.15, 0.2) is 11.5 Å². The molecule has 0 radical (unpaired) electrons. The van der Waals surface area contributed by atoms with Crippen molar-refractivity contribution >= 4 is 22.5 Å². The third-order valence-corrected chi connectivity index (χ3v) is 4.39. The standard InChI is InChI=1S/C19H19N5O2/c1-26-12-11-23-10-8-14-15(5-4-6-16(14)23)19(25)20-13-18-22-21-17-7-2-3-9-24(17)18/h2-10H,11-13H2,1H3,(H,20,25). The van der Waals surface area contributed by atoms with Crippen LogP contribution in [-0.4, -0.2) is 38.8 Å². The van der Waals surface area contributed by atoms with Crippen LogP contribution in [0.15, 0.2) is 54.9 Å². The summed E-state index contributed by atoms with van der Waals surface area (Å²) in [6, 6.07) is 13.4. The largest absolute Gasteiger partial charge is 0.383 e. The monoisotopic (exact) mass is 349 g/mol. The molecule has 3 aromatic heterocycles. The van der Waals surface area contributed by atoms with Crippen molar-refractivity contribution < 1.29 is 9.53 Å². The maximum absolute atomic E-state index is 12.7. The molecule has 0 aliphatic rings. The van der Waals surface area contributed by atoms with Crippen molar-refractivity contribution in [3.05, 3.63) is 66.2 Å². The molecule has 4 rings (SSSR count). The Hall–Kier alpha value is -3.19. The first-order valence-electron chi connectivity index (χ1n) is 8.41. The highest BCUT2D eigenvalue weighted by atomic mass is 16.5. The number of hydrogen-bond acceptors (Lipinski definition) is 4. The molecule has 7 nitrogen and oxygen atoms in total. The Morgan fingerprint density at radius 1 is 1.12 bits per heavy atom. The summed E-state index contributed by atoms with van der Waals surface area (Å²) in [6.07, 6.45) is 3.86. The van der Waals surface area contributed by atoms with Crippen molar-refractivity contribution in [1.82, 2.24) is 24.5 Å². The van der Waals surface area contributed by atoms with E-state index < -0.39 is 0 Å². The minimum atomic E-state index is -0.132. The second kappa shape index (κ2) is 6.97. The van der Waals surface area contributed by atoms with Gasteiger partial charge in [-0.25, -0.2) is 0 Å². The Labute approximate surface area is 150 Å². The van der Waals surface area contributed by atoms with Crippen LogP contribution in [0, 0.1) is 0 Å². The third-order valence-electron chi connectivity index (χ3n) is 4.39. The van der Waals surface area contributed by atoms with Crippen LogP contribution in [-0.2, 0) is 17.8 Å². The first kappa shape index (κ1) is 16.3. The Kier molecular flexibility index (Phi) is 4.37. The number of amides is 1. The lowest BCUT2D eigenvalue weighted by Gasteiger charge is -2.08. The van der Waals surface area contributed by atoms with Gasteiger partial charge in [0, 0.05) is 42.5 Å². The molecule has 4 aromatic rings. The summed E-state index contributed by atoms with van der Waals surface area (Å²) < 4.78 is 9.09. The number of fused-ring (bicyclic) bond motifs is 2. The summed E-state index contributed by atoms with van der Waals surface area (Å²) in [4.78, 5) is 12.7. The van der Waals surface area contributed by atoms with E-state index in [0.717, 1.165) is 23.1 Å². The van der Waals surface area contributed by atoms with Gasteiger partial charge in [-0.3, -0.25) is 9.20 Å². The predicted octanol–water partition coefficient (Wildman–Crippen LogP) is 2.26. The Morgan fingerprint density at radius 2 is 2.04 bits per heavy atom. The number of nitrogens with zero attached hydrogens (tertiary/aromatic N) is 4. The van der Waals surface area contributed by atoms with Gasteiger partial charge in [0.1, 0.15) is 0 Å². The van der Waals surface area contributed by atoms with E-state index in [1.54, 1.807) is 7.11 Å². The highest BCUT2D eigenvalue weighted by molar-refractivity contribution is 6.06. The molecule has 132 valence electrons. The normalized spacial score (nSPS) is 11.3. The van der Waals surface area contributed by atoms with Crippen LogP contribution < -0.4 is 5.32 Å². The van der Waals surface area contributed by atoms with Crippen LogP contribution in [0.4, 0.5) is 0 Å². The molecule has 0 saturated carbocycles. The van der Waals surface area contributed by atoms with Crippen LogP contribution in [0.3, 0.4) is 0 Å². The first-order valence-corrected chi connectivity index (χ1v) is 8.41. The third kappa shape index (κ3) is 2.93. The van der Waals surface area contributed by atoms with Crippen molar-refractivity contribution in [2.45, 2.75) is 13.1 Å². The molecule has 0 fully saturated rings. The highest BCUT2D eigenvalue weighted by Gasteiger charge is 2.13. The fourth-order valence-electron chi connectivity index (χ4n) is 3.07. The molecule has 3 heterocycles. The molecule has 0 bridgehead atoms. The van der Waals surface area contributed by atoms with Gasteiger partial charge in [0.05, 0.1) is 13.2 Å². The summed E-state index contributed by atoms with van der Waals surface area (Å²) in [5.41, 5.74) is 2.42. The lowest BCUT2D eigenvalue weighted by atomic mass is 10.1. The van der Waals surface area contributed by atoms with Crippen LogP contribution >= 0.6 is 0 Å². The molecule has 0 atom stereocenters. The van der Waals surface area contributed by atoms with Gasteiger partial charge in [-0.15, -0.1) is 10.2 Å². The van der Waals surface area contributed by atoms with Crippen LogP contribution in [0.2, 0.25) is 0 Å². The zero-order chi connectivity index (χ0) is 17.9. The van der Waals surface area contributed by atoms with E-state index in [4.69, 9.17) is 4.74 Å². The number of carbonyl (C=O) groups is 1. The first-order chi connectivity index (χ1) is 12.8. The van der Waals surface area contributed by atoms with Gasteiger partial charge >= 0.3 is 0 Å². The molecular weight excluding hydrogens is 330 g/mol. The number of rotatable bonds is 6. The number of methoxy groups -OCH3 is 1. The van der Waals surface area contributed by atoms with Crippen molar-refractivity contribution in [3.63, 3.8) is 0 Å². The molecule has 0 aliphatic heterocycles. The van der Waals surface area contributed by atoms with E-state index in [1.165, 1.54) is 0 Å². The van der Waals surface area contributed by atoms with Gasteiger partial charge in [-0.1, -0.05) is 12.1 Å². The average Bonchev–Trinajstić information content (AvgIpc) is 3.28. The number of carbonyl (C=O) groups excluding carboxylic acids is 1. The SMILES string of the molecule is COCCn1ccc2c(C(=O)NCc3nnc4ccccn34)cccc21. The van der Waals surface area contributed by atoms with Crippen LogP contribution in [0.25, 0.3) is 16.6 Å². The Morgan fingerprint density at radius 3 is 2.92 bits per heavy atom. The molecule has 7 heteroatoms. The molecule has 0 spiro atoms. The van der Waals surface area contributed by atoms with Gasteiger partial charge < -0.3 is 14.6 Å². The van der Waals surface area contributed by atoms with E-state index in [-0.39, 0.29) is 5.91 Å². The number of benzene rings is 1. The van der Waals surface area contributed by atoms with Gasteiger partial charge in [-0.05, 0) is 30.3 Å². The van der Waals surface area contributed by atoms with E-state index in [0.29, 0.717) is 24.5 Å². The maximum Gasteiger partial charge on any atom is 0.252 e. The van der Waals surface area contributed by atoms with Crippen molar-refractivity contribution in [1.29, 1.82) is 0 Å². The zero-order valence-electron chi connectivity index (χ0n) is 14.4. The average molecular weight is 349 g/mol. The number of aromatic nitrogens is 4. The van der Waals surface area contributed by atoms with E-state index in [1.807, 2.05) is 59.3 Å². The summed E-state index contributed by atoms with van der Waals surface area (Å²) in [5, 5.41) is 12.1. The molecular formula is C19H19N5O2.